The van der Waals surface area contributed by atoms with Crippen molar-refractivity contribution in [3.05, 3.63) is 93.8 Å². The van der Waals surface area contributed by atoms with E-state index < -0.39 is 34.8 Å². The quantitative estimate of drug-likeness (QED) is 0.359. The average Bonchev–Trinajstić information content (AvgIpc) is 3.58. The zero-order valence-electron chi connectivity index (χ0n) is 29.3. The van der Waals surface area contributed by atoms with E-state index >= 15 is 0 Å². The lowest BCUT2D eigenvalue weighted by atomic mass is 9.91. The van der Waals surface area contributed by atoms with Crippen LogP contribution in [0.25, 0.3) is 0 Å². The van der Waals surface area contributed by atoms with Crippen LogP contribution in [0.2, 0.25) is 0 Å². The van der Waals surface area contributed by atoms with Gasteiger partial charge in [0.25, 0.3) is 0 Å². The molecule has 10 nitrogen and oxygen atoms in total. The molecule has 1 aromatic heterocycles. The lowest BCUT2D eigenvalue weighted by Gasteiger charge is -2.45. The molecular formula is C38H42F2N6O4. The van der Waals surface area contributed by atoms with Crippen molar-refractivity contribution in [2.45, 2.75) is 84.2 Å². The maximum Gasteiger partial charge on any atom is 0.410 e. The van der Waals surface area contributed by atoms with Crippen molar-refractivity contribution >= 4 is 23.6 Å². The van der Waals surface area contributed by atoms with Gasteiger partial charge >= 0.3 is 6.09 Å². The van der Waals surface area contributed by atoms with E-state index in [1.54, 1.807) is 53.8 Å². The Morgan fingerprint density at radius 3 is 2.48 bits per heavy atom. The van der Waals surface area contributed by atoms with E-state index in [9.17, 15) is 28.4 Å². The summed E-state index contributed by atoms with van der Waals surface area (Å²) in [4.78, 5) is 53.4. The summed E-state index contributed by atoms with van der Waals surface area (Å²) in [6.07, 6.45) is 1.31. The minimum Gasteiger partial charge on any atom is -0.444 e. The number of hydrogen-bond donors (Lipinski definition) is 0. The van der Waals surface area contributed by atoms with Crippen LogP contribution >= 0.6 is 0 Å². The summed E-state index contributed by atoms with van der Waals surface area (Å²) in [7, 11) is 0. The number of benzene rings is 2. The SMILES string of the molecule is C[C@@H]1CN(CC(=O)N2CC(C)(C)c3ncc(Cc4ccc(F)cc4F)cc32)[C@H](C(=O)N2Cc3ccc(C#N)cc3C2)CN1C(=O)OC(C)(C)C. The number of nitrogens with zero attached hydrogens (tertiary/aromatic N) is 6. The third-order valence-electron chi connectivity index (χ3n) is 9.58. The summed E-state index contributed by atoms with van der Waals surface area (Å²) >= 11 is 0. The monoisotopic (exact) mass is 684 g/mol. The topological polar surface area (TPSA) is 110 Å². The highest BCUT2D eigenvalue weighted by Gasteiger charge is 2.45. The zero-order chi connectivity index (χ0) is 36.1. The minimum absolute atomic E-state index is 0.0372. The Hall–Kier alpha value is -4.89. The Morgan fingerprint density at radius 1 is 1.04 bits per heavy atom. The molecule has 4 heterocycles. The molecule has 0 bridgehead atoms. The number of carbonyl (C=O) groups excluding carboxylic acids is 3. The first-order valence-electron chi connectivity index (χ1n) is 16.8. The molecule has 2 aromatic carbocycles. The summed E-state index contributed by atoms with van der Waals surface area (Å²) in [5, 5.41) is 9.38. The van der Waals surface area contributed by atoms with Gasteiger partial charge in [0, 0.05) is 62.9 Å². The molecule has 0 unspecified atom stereocenters. The fourth-order valence-corrected chi connectivity index (χ4v) is 7.10. The molecule has 3 aliphatic rings. The Bertz CT molecular complexity index is 1900. The fraction of sp³-hybridized carbons (Fsp3) is 0.447. The molecule has 12 heteroatoms. The number of pyridine rings is 1. The average molecular weight is 685 g/mol. The van der Waals surface area contributed by atoms with Gasteiger partial charge in [0.2, 0.25) is 11.8 Å². The number of piperazine rings is 1. The predicted octanol–water partition coefficient (Wildman–Crippen LogP) is 5.30. The Morgan fingerprint density at radius 2 is 1.78 bits per heavy atom. The molecule has 3 aliphatic heterocycles. The van der Waals surface area contributed by atoms with Gasteiger partial charge in [-0.2, -0.15) is 5.26 Å². The van der Waals surface area contributed by atoms with Crippen LogP contribution in [0.4, 0.5) is 19.3 Å². The van der Waals surface area contributed by atoms with E-state index in [2.05, 4.69) is 11.1 Å². The number of hydrogen-bond acceptors (Lipinski definition) is 7. The fourth-order valence-electron chi connectivity index (χ4n) is 7.10. The van der Waals surface area contributed by atoms with Crippen LogP contribution in [-0.4, -0.2) is 81.5 Å². The number of rotatable bonds is 5. The van der Waals surface area contributed by atoms with E-state index in [-0.39, 0.29) is 43.9 Å². The second-order valence-electron chi connectivity index (χ2n) is 15.2. The first-order valence-corrected chi connectivity index (χ1v) is 16.8. The molecule has 0 radical (unpaired) electrons. The van der Waals surface area contributed by atoms with Crippen LogP contribution in [0.15, 0.2) is 48.7 Å². The summed E-state index contributed by atoms with van der Waals surface area (Å²) in [6.45, 7) is 12.5. The van der Waals surface area contributed by atoms with E-state index in [1.807, 2.05) is 37.8 Å². The molecule has 0 saturated carbocycles. The van der Waals surface area contributed by atoms with Crippen LogP contribution in [0, 0.1) is 23.0 Å². The summed E-state index contributed by atoms with van der Waals surface area (Å²) in [5.41, 5.74) is 3.50. The van der Waals surface area contributed by atoms with Crippen molar-refractivity contribution in [1.29, 1.82) is 5.26 Å². The van der Waals surface area contributed by atoms with Crippen molar-refractivity contribution in [3.63, 3.8) is 0 Å². The number of carbonyl (C=O) groups is 3. The standard InChI is InChI=1S/C38H42F2N6O4/c1-23-17-43(21-33(47)46-22-38(5,6)34-31(46)13-25(16-42-34)12-26-9-10-29(39)14-30(26)40)32(20-45(23)36(49)50-37(2,3)4)35(48)44-18-27-8-7-24(15-41)11-28(27)19-44/h7-11,13-14,16,23,32H,12,17-22H2,1-6H3/t23-,32+/m1/s1. The number of halogens is 2. The van der Waals surface area contributed by atoms with Gasteiger partial charge in [0.15, 0.2) is 0 Å². The summed E-state index contributed by atoms with van der Waals surface area (Å²) in [6, 6.07) is 11.7. The normalized spacial score (nSPS) is 19.9. The van der Waals surface area contributed by atoms with Crippen LogP contribution in [0.3, 0.4) is 0 Å². The summed E-state index contributed by atoms with van der Waals surface area (Å²) < 4.78 is 33.7. The van der Waals surface area contributed by atoms with Gasteiger partial charge in [-0.3, -0.25) is 19.5 Å². The van der Waals surface area contributed by atoms with Crippen LogP contribution in [0.1, 0.15) is 75.1 Å². The molecule has 2 atom stereocenters. The third kappa shape index (κ3) is 7.05. The molecule has 0 spiro atoms. The molecule has 3 amide bonds. The van der Waals surface area contributed by atoms with Gasteiger partial charge in [0.1, 0.15) is 23.3 Å². The highest BCUT2D eigenvalue weighted by atomic mass is 19.1. The van der Waals surface area contributed by atoms with E-state index in [1.165, 1.54) is 12.1 Å². The van der Waals surface area contributed by atoms with Gasteiger partial charge in [-0.25, -0.2) is 13.6 Å². The molecule has 1 fully saturated rings. The molecule has 0 aliphatic carbocycles. The minimum atomic E-state index is -0.826. The van der Waals surface area contributed by atoms with Gasteiger partial charge in [-0.05, 0) is 74.2 Å². The van der Waals surface area contributed by atoms with Gasteiger partial charge < -0.3 is 19.4 Å². The number of ether oxygens (including phenoxy) is 1. The Balaban J connectivity index is 1.26. The lowest BCUT2D eigenvalue weighted by molar-refractivity contribution is -0.141. The van der Waals surface area contributed by atoms with Crippen molar-refractivity contribution in [2.24, 2.45) is 0 Å². The smallest absolute Gasteiger partial charge is 0.410 e. The maximum absolute atomic E-state index is 14.5. The maximum atomic E-state index is 14.5. The highest BCUT2D eigenvalue weighted by molar-refractivity contribution is 5.98. The van der Waals surface area contributed by atoms with E-state index in [4.69, 9.17) is 4.74 Å². The molecule has 50 heavy (non-hydrogen) atoms. The number of anilines is 1. The van der Waals surface area contributed by atoms with Crippen molar-refractivity contribution in [3.8, 4) is 6.07 Å². The van der Waals surface area contributed by atoms with Gasteiger partial charge in [0.05, 0.1) is 29.6 Å². The van der Waals surface area contributed by atoms with Crippen LogP contribution < -0.4 is 4.90 Å². The summed E-state index contributed by atoms with van der Waals surface area (Å²) in [5.74, 6) is -1.76. The lowest BCUT2D eigenvalue weighted by Crippen LogP contribution is -2.64. The Labute approximate surface area is 291 Å². The molecule has 6 rings (SSSR count). The number of aromatic nitrogens is 1. The number of nitriles is 1. The van der Waals surface area contributed by atoms with Gasteiger partial charge in [-0.15, -0.1) is 0 Å². The van der Waals surface area contributed by atoms with Crippen LogP contribution in [-0.2, 0) is 39.3 Å². The second kappa shape index (κ2) is 13.1. The molecule has 3 aromatic rings. The van der Waals surface area contributed by atoms with E-state index in [0.29, 0.717) is 42.0 Å². The van der Waals surface area contributed by atoms with Crippen LogP contribution in [0.5, 0.6) is 0 Å². The molecular weight excluding hydrogens is 642 g/mol. The molecule has 262 valence electrons. The highest BCUT2D eigenvalue weighted by Crippen LogP contribution is 2.40. The first-order chi connectivity index (χ1) is 23.5. The number of amides is 3. The second-order valence-corrected chi connectivity index (χ2v) is 15.2. The first kappa shape index (κ1) is 35.0. The molecule has 0 N–H and O–H groups in total. The predicted molar refractivity (Wildman–Crippen MR) is 182 cm³/mol. The largest absolute Gasteiger partial charge is 0.444 e. The zero-order valence-corrected chi connectivity index (χ0v) is 29.3. The van der Waals surface area contributed by atoms with Crippen molar-refractivity contribution < 1.29 is 27.9 Å². The van der Waals surface area contributed by atoms with Crippen molar-refractivity contribution in [2.75, 3.05) is 31.1 Å². The molecule has 1 saturated heterocycles. The number of fused-ring (bicyclic) bond motifs is 2. The Kier molecular flexibility index (Phi) is 9.16. The van der Waals surface area contributed by atoms with Crippen molar-refractivity contribution in [1.82, 2.24) is 19.7 Å². The van der Waals surface area contributed by atoms with E-state index in [0.717, 1.165) is 22.9 Å². The van der Waals surface area contributed by atoms with Gasteiger partial charge in [-0.1, -0.05) is 26.0 Å². The third-order valence-corrected chi connectivity index (χ3v) is 9.58.